The zero-order valence-electron chi connectivity index (χ0n) is 6.30. The molecule has 3 heteroatoms. The van der Waals surface area contributed by atoms with Crippen LogP contribution in [0.2, 0.25) is 0 Å². The number of rotatable bonds is 1. The lowest BCUT2D eigenvalue weighted by Gasteiger charge is -2.28. The maximum absolute atomic E-state index is 6.14. The highest BCUT2D eigenvalue weighted by molar-refractivity contribution is 6.22. The Hall–Kier alpha value is 0.540. The molecule has 1 aliphatic carbocycles. The molecule has 0 bridgehead atoms. The fourth-order valence-electron chi connectivity index (χ4n) is 1.80. The highest BCUT2D eigenvalue weighted by atomic mass is 35.5. The van der Waals surface area contributed by atoms with Crippen LogP contribution >= 0.6 is 23.2 Å². The first-order chi connectivity index (χ1) is 5.27. The summed E-state index contributed by atoms with van der Waals surface area (Å²) < 4.78 is 5.22. The fraction of sp³-hybridized carbons (Fsp3) is 1.00. The molecular weight excluding hydrogens is 183 g/mol. The number of epoxide rings is 1. The van der Waals surface area contributed by atoms with Crippen LogP contribution in [0.5, 0.6) is 0 Å². The third-order valence-electron chi connectivity index (χ3n) is 2.58. The van der Waals surface area contributed by atoms with Crippen molar-refractivity contribution in [3.63, 3.8) is 0 Å². The van der Waals surface area contributed by atoms with Gasteiger partial charge in [-0.25, -0.2) is 0 Å². The van der Waals surface area contributed by atoms with Gasteiger partial charge in [-0.2, -0.15) is 0 Å². The maximum atomic E-state index is 6.14. The van der Waals surface area contributed by atoms with E-state index in [-0.39, 0.29) is 0 Å². The molecular formula is C8H12Cl2O. The topological polar surface area (TPSA) is 12.5 Å². The number of alkyl halides is 2. The van der Waals surface area contributed by atoms with E-state index < -0.39 is 0 Å². The van der Waals surface area contributed by atoms with Crippen molar-refractivity contribution in [1.29, 1.82) is 0 Å². The Morgan fingerprint density at radius 1 is 1.18 bits per heavy atom. The minimum atomic E-state index is 0.303. The highest BCUT2D eigenvalue weighted by Crippen LogP contribution is 2.38. The Bertz CT molecular complexity index is 147. The average molecular weight is 195 g/mol. The molecule has 4 atom stereocenters. The Balaban J connectivity index is 1.93. The van der Waals surface area contributed by atoms with Crippen LogP contribution in [0, 0.1) is 5.92 Å². The van der Waals surface area contributed by atoms with E-state index >= 15 is 0 Å². The molecule has 1 nitrogen and oxygen atoms in total. The van der Waals surface area contributed by atoms with E-state index in [0.717, 1.165) is 25.9 Å². The second-order valence-electron chi connectivity index (χ2n) is 3.46. The first-order valence-corrected chi connectivity index (χ1v) is 5.04. The SMILES string of the molecule is ClC1CCC(Cl)C(C2CO2)C1. The second-order valence-corrected chi connectivity index (χ2v) is 4.64. The molecule has 11 heavy (non-hydrogen) atoms. The van der Waals surface area contributed by atoms with Gasteiger partial charge >= 0.3 is 0 Å². The van der Waals surface area contributed by atoms with Gasteiger partial charge in [-0.3, -0.25) is 0 Å². The standard InChI is InChI=1S/C8H12Cl2O/c9-5-1-2-7(10)6(3-5)8-4-11-8/h5-8H,1-4H2. The van der Waals surface area contributed by atoms with Gasteiger partial charge in [-0.05, 0) is 19.3 Å². The molecule has 1 aliphatic heterocycles. The molecule has 0 aromatic carbocycles. The summed E-state index contributed by atoms with van der Waals surface area (Å²) in [5.41, 5.74) is 0. The lowest BCUT2D eigenvalue weighted by molar-refractivity contribution is 0.273. The van der Waals surface area contributed by atoms with Gasteiger partial charge < -0.3 is 4.74 Å². The summed E-state index contributed by atoms with van der Waals surface area (Å²) in [4.78, 5) is 0. The van der Waals surface area contributed by atoms with Gasteiger partial charge in [0.2, 0.25) is 0 Å². The number of halogens is 2. The summed E-state index contributed by atoms with van der Waals surface area (Å²) >= 11 is 12.2. The Morgan fingerprint density at radius 2 is 1.91 bits per heavy atom. The molecule has 1 saturated carbocycles. The van der Waals surface area contributed by atoms with E-state index in [1.807, 2.05) is 0 Å². The van der Waals surface area contributed by atoms with Crippen LogP contribution in [0.3, 0.4) is 0 Å². The maximum Gasteiger partial charge on any atom is 0.0852 e. The molecule has 0 N–H and O–H groups in total. The van der Waals surface area contributed by atoms with E-state index in [0.29, 0.717) is 22.8 Å². The van der Waals surface area contributed by atoms with E-state index in [2.05, 4.69) is 0 Å². The van der Waals surface area contributed by atoms with Gasteiger partial charge in [0, 0.05) is 16.7 Å². The van der Waals surface area contributed by atoms with Crippen molar-refractivity contribution in [2.45, 2.75) is 36.1 Å². The molecule has 0 radical (unpaired) electrons. The minimum Gasteiger partial charge on any atom is -0.373 e. The zero-order valence-corrected chi connectivity index (χ0v) is 7.81. The van der Waals surface area contributed by atoms with E-state index in [1.165, 1.54) is 0 Å². The summed E-state index contributed by atoms with van der Waals surface area (Å²) in [6, 6.07) is 0. The normalized spacial score (nSPS) is 50.7. The van der Waals surface area contributed by atoms with Crippen LogP contribution in [0.1, 0.15) is 19.3 Å². The molecule has 1 heterocycles. The van der Waals surface area contributed by atoms with Crippen LogP contribution in [-0.2, 0) is 4.74 Å². The Kier molecular flexibility index (Phi) is 2.31. The van der Waals surface area contributed by atoms with E-state index in [1.54, 1.807) is 0 Å². The van der Waals surface area contributed by atoms with Gasteiger partial charge in [-0.1, -0.05) is 0 Å². The third-order valence-corrected chi connectivity index (χ3v) is 3.52. The van der Waals surface area contributed by atoms with Gasteiger partial charge in [0.05, 0.1) is 12.7 Å². The summed E-state index contributed by atoms with van der Waals surface area (Å²) in [6.07, 6.45) is 3.60. The minimum absolute atomic E-state index is 0.303. The van der Waals surface area contributed by atoms with Crippen molar-refractivity contribution in [2.24, 2.45) is 5.92 Å². The van der Waals surface area contributed by atoms with E-state index in [9.17, 15) is 0 Å². The van der Waals surface area contributed by atoms with Gasteiger partial charge in [-0.15, -0.1) is 23.2 Å². The third kappa shape index (κ3) is 1.82. The fourth-order valence-corrected chi connectivity index (χ4v) is 2.53. The molecule has 0 amide bonds. The first kappa shape index (κ1) is 8.15. The largest absolute Gasteiger partial charge is 0.373 e. The zero-order chi connectivity index (χ0) is 7.84. The van der Waals surface area contributed by atoms with E-state index in [4.69, 9.17) is 27.9 Å². The van der Waals surface area contributed by atoms with Crippen LogP contribution in [0.15, 0.2) is 0 Å². The summed E-state index contributed by atoms with van der Waals surface area (Å²) in [6.45, 7) is 0.900. The smallest absolute Gasteiger partial charge is 0.0852 e. The summed E-state index contributed by atoms with van der Waals surface area (Å²) in [5.74, 6) is 0.521. The van der Waals surface area contributed by atoms with Crippen molar-refractivity contribution >= 4 is 23.2 Å². The Labute approximate surface area is 77.0 Å². The van der Waals surface area contributed by atoms with Gasteiger partial charge in [0.15, 0.2) is 0 Å². The van der Waals surface area contributed by atoms with Crippen LogP contribution in [0.4, 0.5) is 0 Å². The van der Waals surface area contributed by atoms with Crippen LogP contribution < -0.4 is 0 Å². The molecule has 1 saturated heterocycles. The van der Waals surface area contributed by atoms with Crippen molar-refractivity contribution in [2.75, 3.05) is 6.61 Å². The lowest BCUT2D eigenvalue weighted by atomic mass is 9.86. The lowest BCUT2D eigenvalue weighted by Crippen LogP contribution is -2.29. The first-order valence-electron chi connectivity index (χ1n) is 4.17. The summed E-state index contributed by atoms with van der Waals surface area (Å²) in [7, 11) is 0. The van der Waals surface area contributed by atoms with Crippen molar-refractivity contribution in [3.8, 4) is 0 Å². The van der Waals surface area contributed by atoms with Gasteiger partial charge in [0.25, 0.3) is 0 Å². The Morgan fingerprint density at radius 3 is 2.55 bits per heavy atom. The number of ether oxygens (including phenoxy) is 1. The predicted octanol–water partition coefficient (Wildman–Crippen LogP) is 2.40. The van der Waals surface area contributed by atoms with Crippen molar-refractivity contribution in [3.05, 3.63) is 0 Å². The number of hydrogen-bond donors (Lipinski definition) is 0. The van der Waals surface area contributed by atoms with Gasteiger partial charge in [0.1, 0.15) is 0 Å². The quantitative estimate of drug-likeness (QED) is 0.462. The molecule has 2 rings (SSSR count). The molecule has 0 aromatic rings. The highest BCUT2D eigenvalue weighted by Gasteiger charge is 2.40. The number of hydrogen-bond acceptors (Lipinski definition) is 1. The van der Waals surface area contributed by atoms with Crippen LogP contribution in [-0.4, -0.2) is 23.5 Å². The molecule has 2 aliphatic rings. The second kappa shape index (κ2) is 3.12. The summed E-state index contributed by atoms with van der Waals surface area (Å²) in [5, 5.41) is 0.636. The monoisotopic (exact) mass is 194 g/mol. The predicted molar refractivity (Wildman–Crippen MR) is 46.4 cm³/mol. The van der Waals surface area contributed by atoms with Crippen LogP contribution in [0.25, 0.3) is 0 Å². The van der Waals surface area contributed by atoms with Crippen molar-refractivity contribution in [1.82, 2.24) is 0 Å². The molecule has 4 unspecified atom stereocenters. The van der Waals surface area contributed by atoms with Crippen molar-refractivity contribution < 1.29 is 4.74 Å². The molecule has 0 aromatic heterocycles. The molecule has 64 valence electrons. The molecule has 0 spiro atoms. The molecule has 2 fully saturated rings. The average Bonchev–Trinajstić information content (AvgIpc) is 2.76.